The van der Waals surface area contributed by atoms with Crippen LogP contribution in [0.3, 0.4) is 0 Å². The van der Waals surface area contributed by atoms with Gasteiger partial charge in [-0.05, 0) is 12.5 Å². The number of imidazole rings is 1. The summed E-state index contributed by atoms with van der Waals surface area (Å²) >= 11 is 0. The van der Waals surface area contributed by atoms with E-state index < -0.39 is 0 Å². The number of hydrogen-bond acceptors (Lipinski definition) is 3. The van der Waals surface area contributed by atoms with E-state index in [0.29, 0.717) is 5.69 Å². The van der Waals surface area contributed by atoms with Crippen LogP contribution in [0, 0.1) is 6.92 Å². The summed E-state index contributed by atoms with van der Waals surface area (Å²) in [6, 6.07) is 10.5. The molecule has 1 aromatic heterocycles. The Morgan fingerprint density at radius 1 is 1.25 bits per heavy atom. The maximum Gasteiger partial charge on any atom is 0.179 e. The van der Waals surface area contributed by atoms with Crippen molar-refractivity contribution in [3.05, 3.63) is 53.1 Å². The number of ketones is 1. The molecule has 0 atom stereocenters. The zero-order chi connectivity index (χ0) is 14.1. The van der Waals surface area contributed by atoms with Gasteiger partial charge in [0.15, 0.2) is 5.78 Å². The number of fused-ring (bicyclic) bond motifs is 1. The molecular formula is C16H19N3O. The first-order valence-electron chi connectivity index (χ1n) is 6.98. The van der Waals surface area contributed by atoms with E-state index in [1.54, 1.807) is 6.92 Å². The zero-order valence-electron chi connectivity index (χ0n) is 12.0. The number of benzene rings is 1. The van der Waals surface area contributed by atoms with Crippen molar-refractivity contribution in [2.24, 2.45) is 0 Å². The fourth-order valence-electron chi connectivity index (χ4n) is 2.84. The van der Waals surface area contributed by atoms with E-state index in [9.17, 15) is 4.79 Å². The van der Waals surface area contributed by atoms with E-state index in [4.69, 9.17) is 0 Å². The van der Waals surface area contributed by atoms with E-state index in [-0.39, 0.29) is 5.78 Å². The molecule has 20 heavy (non-hydrogen) atoms. The molecule has 0 saturated carbocycles. The number of Topliss-reactive ketones (excluding diaryl/α,β-unsaturated/α-hetero) is 1. The quantitative estimate of drug-likeness (QED) is 0.803. The Hall–Kier alpha value is -1.94. The molecule has 0 bridgehead atoms. The van der Waals surface area contributed by atoms with Gasteiger partial charge in [-0.2, -0.15) is 0 Å². The van der Waals surface area contributed by atoms with Crippen LogP contribution < -0.4 is 0 Å². The lowest BCUT2D eigenvalue weighted by Gasteiger charge is -2.28. The van der Waals surface area contributed by atoms with Gasteiger partial charge in [0.25, 0.3) is 0 Å². The van der Waals surface area contributed by atoms with E-state index in [1.807, 2.05) is 13.0 Å². The van der Waals surface area contributed by atoms with Crippen LogP contribution in [0.4, 0.5) is 0 Å². The minimum absolute atomic E-state index is 0.0546. The third-order valence-corrected chi connectivity index (χ3v) is 3.89. The van der Waals surface area contributed by atoms with Gasteiger partial charge < -0.3 is 4.57 Å². The van der Waals surface area contributed by atoms with E-state index in [1.165, 1.54) is 5.56 Å². The van der Waals surface area contributed by atoms with E-state index in [0.717, 1.165) is 37.7 Å². The molecule has 2 aromatic rings. The fourth-order valence-corrected chi connectivity index (χ4v) is 2.84. The van der Waals surface area contributed by atoms with Crippen molar-refractivity contribution in [3.63, 3.8) is 0 Å². The second-order valence-electron chi connectivity index (χ2n) is 5.37. The summed E-state index contributed by atoms with van der Waals surface area (Å²) in [6.45, 7) is 7.22. The highest BCUT2D eigenvalue weighted by atomic mass is 16.1. The lowest BCUT2D eigenvalue weighted by molar-refractivity contribution is 0.101. The smallest absolute Gasteiger partial charge is 0.179 e. The second-order valence-corrected chi connectivity index (χ2v) is 5.37. The SMILES string of the molecule is CC(=O)c1nc2n(c1C)CCN(Cc1ccccc1)C2. The largest absolute Gasteiger partial charge is 0.329 e. The maximum atomic E-state index is 11.6. The van der Waals surface area contributed by atoms with Crippen LogP contribution in [-0.4, -0.2) is 26.8 Å². The molecule has 0 fully saturated rings. The van der Waals surface area contributed by atoms with Gasteiger partial charge in [0, 0.05) is 32.3 Å². The number of carbonyl (C=O) groups is 1. The van der Waals surface area contributed by atoms with Crippen LogP contribution in [0.1, 0.15) is 34.5 Å². The van der Waals surface area contributed by atoms with Gasteiger partial charge in [-0.25, -0.2) is 4.98 Å². The van der Waals surface area contributed by atoms with Gasteiger partial charge >= 0.3 is 0 Å². The number of carbonyl (C=O) groups excluding carboxylic acids is 1. The summed E-state index contributed by atoms with van der Waals surface area (Å²) < 4.78 is 2.18. The van der Waals surface area contributed by atoms with Crippen LogP contribution in [0.5, 0.6) is 0 Å². The standard InChI is InChI=1S/C16H19N3O/c1-12-16(13(2)20)17-15-11-18(8-9-19(12)15)10-14-6-4-3-5-7-14/h3-7H,8-11H2,1-2H3. The van der Waals surface area contributed by atoms with Crippen molar-refractivity contribution in [1.29, 1.82) is 0 Å². The highest BCUT2D eigenvalue weighted by Gasteiger charge is 2.22. The molecule has 4 nitrogen and oxygen atoms in total. The van der Waals surface area contributed by atoms with Gasteiger partial charge in [-0.3, -0.25) is 9.69 Å². The molecule has 0 amide bonds. The van der Waals surface area contributed by atoms with Crippen molar-refractivity contribution in [2.45, 2.75) is 33.5 Å². The molecule has 0 saturated heterocycles. The highest BCUT2D eigenvalue weighted by Crippen LogP contribution is 2.19. The Balaban J connectivity index is 1.79. The third kappa shape index (κ3) is 2.39. The number of rotatable bonds is 3. The lowest BCUT2D eigenvalue weighted by Crippen LogP contribution is -2.33. The molecule has 0 unspecified atom stereocenters. The van der Waals surface area contributed by atoms with Gasteiger partial charge in [-0.15, -0.1) is 0 Å². The van der Waals surface area contributed by atoms with Crippen molar-refractivity contribution in [2.75, 3.05) is 6.54 Å². The van der Waals surface area contributed by atoms with Gasteiger partial charge in [0.1, 0.15) is 11.5 Å². The molecule has 1 aliphatic heterocycles. The van der Waals surface area contributed by atoms with Gasteiger partial charge in [0.05, 0.1) is 6.54 Å². The predicted octanol–water partition coefficient (Wildman–Crippen LogP) is 2.41. The fraction of sp³-hybridized carbons (Fsp3) is 0.375. The third-order valence-electron chi connectivity index (χ3n) is 3.89. The molecular weight excluding hydrogens is 250 g/mol. The summed E-state index contributed by atoms with van der Waals surface area (Å²) in [5.41, 5.74) is 2.95. The summed E-state index contributed by atoms with van der Waals surface area (Å²) in [6.07, 6.45) is 0. The highest BCUT2D eigenvalue weighted by molar-refractivity contribution is 5.93. The van der Waals surface area contributed by atoms with Crippen molar-refractivity contribution >= 4 is 5.78 Å². The van der Waals surface area contributed by atoms with Crippen LogP contribution in [-0.2, 0) is 19.6 Å². The molecule has 2 heterocycles. The van der Waals surface area contributed by atoms with Crippen molar-refractivity contribution in [1.82, 2.24) is 14.5 Å². The number of nitrogens with zero attached hydrogens (tertiary/aromatic N) is 3. The first-order chi connectivity index (χ1) is 9.65. The average molecular weight is 269 g/mol. The Bertz CT molecular complexity index is 631. The Morgan fingerprint density at radius 3 is 2.70 bits per heavy atom. The monoisotopic (exact) mass is 269 g/mol. The molecule has 0 radical (unpaired) electrons. The number of hydrogen-bond donors (Lipinski definition) is 0. The van der Waals surface area contributed by atoms with Gasteiger partial charge in [-0.1, -0.05) is 30.3 Å². The minimum atomic E-state index is 0.0546. The molecule has 104 valence electrons. The molecule has 3 rings (SSSR count). The molecule has 1 aromatic carbocycles. The summed E-state index contributed by atoms with van der Waals surface area (Å²) in [4.78, 5) is 18.5. The first kappa shape index (κ1) is 13.1. The van der Waals surface area contributed by atoms with Gasteiger partial charge in [0.2, 0.25) is 0 Å². The van der Waals surface area contributed by atoms with E-state index in [2.05, 4.69) is 38.7 Å². The summed E-state index contributed by atoms with van der Waals surface area (Å²) in [7, 11) is 0. The maximum absolute atomic E-state index is 11.6. The molecule has 0 aliphatic carbocycles. The van der Waals surface area contributed by atoms with Crippen LogP contribution in [0.2, 0.25) is 0 Å². The van der Waals surface area contributed by atoms with Crippen LogP contribution in [0.25, 0.3) is 0 Å². The normalized spacial score (nSPS) is 15.1. The van der Waals surface area contributed by atoms with Crippen molar-refractivity contribution < 1.29 is 4.79 Å². The van der Waals surface area contributed by atoms with E-state index >= 15 is 0 Å². The Kier molecular flexibility index (Phi) is 3.40. The van der Waals surface area contributed by atoms with Crippen LogP contribution in [0.15, 0.2) is 30.3 Å². The van der Waals surface area contributed by atoms with Crippen molar-refractivity contribution in [3.8, 4) is 0 Å². The molecule has 1 aliphatic rings. The Labute approximate surface area is 119 Å². The number of aromatic nitrogens is 2. The molecule has 0 spiro atoms. The molecule has 0 N–H and O–H groups in total. The average Bonchev–Trinajstić information content (AvgIpc) is 2.77. The molecule has 4 heteroatoms. The summed E-state index contributed by atoms with van der Waals surface area (Å²) in [5.74, 6) is 1.06. The topological polar surface area (TPSA) is 38.1 Å². The Morgan fingerprint density at radius 2 is 2.00 bits per heavy atom. The van der Waals surface area contributed by atoms with Crippen LogP contribution >= 0.6 is 0 Å². The summed E-state index contributed by atoms with van der Waals surface area (Å²) in [5, 5.41) is 0. The first-order valence-corrected chi connectivity index (χ1v) is 6.98. The minimum Gasteiger partial charge on any atom is -0.329 e. The lowest BCUT2D eigenvalue weighted by atomic mass is 10.2. The second kappa shape index (κ2) is 5.21. The zero-order valence-corrected chi connectivity index (χ0v) is 12.0. The predicted molar refractivity (Wildman–Crippen MR) is 77.5 cm³/mol.